The molecule has 0 aliphatic rings. The van der Waals surface area contributed by atoms with Crippen molar-refractivity contribution in [3.8, 4) is 0 Å². The number of nitrogens with one attached hydrogen (secondary N) is 1. The van der Waals surface area contributed by atoms with Crippen LogP contribution in [-0.2, 0) is 9.05 Å². The Kier molecular flexibility index (Phi) is 4.22. The number of amides is 1. The standard InChI is InChI=1S/C10H14ClNO3S2/c1-10(2,3)6-12-9(13)7-4-8(16-5-7)17(11,14)15/h4-5H,6H2,1-3H3,(H,12,13). The van der Waals surface area contributed by atoms with Crippen LogP contribution in [0.2, 0.25) is 0 Å². The topological polar surface area (TPSA) is 63.2 Å². The van der Waals surface area contributed by atoms with Crippen molar-refractivity contribution in [2.75, 3.05) is 6.54 Å². The molecule has 4 nitrogen and oxygen atoms in total. The summed E-state index contributed by atoms with van der Waals surface area (Å²) in [6.45, 7) is 6.51. The van der Waals surface area contributed by atoms with Gasteiger partial charge in [-0.1, -0.05) is 20.8 Å². The van der Waals surface area contributed by atoms with Crippen molar-refractivity contribution < 1.29 is 13.2 Å². The molecule has 1 rings (SSSR count). The highest BCUT2D eigenvalue weighted by molar-refractivity contribution is 8.15. The zero-order valence-electron chi connectivity index (χ0n) is 9.78. The number of carbonyl (C=O) groups excluding carboxylic acids is 1. The summed E-state index contributed by atoms with van der Waals surface area (Å²) in [6, 6.07) is 1.28. The largest absolute Gasteiger partial charge is 0.351 e. The lowest BCUT2D eigenvalue weighted by Crippen LogP contribution is -2.31. The third-order valence-electron chi connectivity index (χ3n) is 1.86. The molecule has 0 bridgehead atoms. The van der Waals surface area contributed by atoms with E-state index < -0.39 is 9.05 Å². The summed E-state index contributed by atoms with van der Waals surface area (Å²) in [5.74, 6) is -0.289. The Hall–Kier alpha value is -0.590. The van der Waals surface area contributed by atoms with Crippen molar-refractivity contribution in [3.63, 3.8) is 0 Å². The number of thiophene rings is 1. The van der Waals surface area contributed by atoms with Crippen LogP contribution < -0.4 is 5.32 Å². The highest BCUT2D eigenvalue weighted by Crippen LogP contribution is 2.23. The average Bonchev–Trinajstić information content (AvgIpc) is 2.60. The highest BCUT2D eigenvalue weighted by atomic mass is 35.7. The highest BCUT2D eigenvalue weighted by Gasteiger charge is 2.18. The fraction of sp³-hybridized carbons (Fsp3) is 0.500. The minimum Gasteiger partial charge on any atom is -0.351 e. The SMILES string of the molecule is CC(C)(C)CNC(=O)c1csc(S(=O)(=O)Cl)c1. The van der Waals surface area contributed by atoms with E-state index in [0.29, 0.717) is 12.1 Å². The molecule has 1 aromatic heterocycles. The van der Waals surface area contributed by atoms with Crippen LogP contribution in [0.4, 0.5) is 0 Å². The summed E-state index contributed by atoms with van der Waals surface area (Å²) in [4.78, 5) is 11.7. The third kappa shape index (κ3) is 4.65. The summed E-state index contributed by atoms with van der Waals surface area (Å²) in [7, 11) is 1.43. The molecule has 0 fully saturated rings. The lowest BCUT2D eigenvalue weighted by atomic mass is 9.97. The lowest BCUT2D eigenvalue weighted by Gasteiger charge is -2.18. The molecule has 96 valence electrons. The normalized spacial score (nSPS) is 12.5. The van der Waals surface area contributed by atoms with E-state index in [-0.39, 0.29) is 15.5 Å². The smallest absolute Gasteiger partial charge is 0.270 e. The van der Waals surface area contributed by atoms with Gasteiger partial charge in [-0.15, -0.1) is 11.3 Å². The molecule has 1 N–H and O–H groups in total. The van der Waals surface area contributed by atoms with Crippen molar-refractivity contribution >= 4 is 37.0 Å². The first-order valence-electron chi connectivity index (χ1n) is 4.91. The minimum absolute atomic E-state index is 0.0138. The van der Waals surface area contributed by atoms with Gasteiger partial charge in [0.15, 0.2) is 0 Å². The molecule has 1 heterocycles. The predicted octanol–water partition coefficient (Wildman–Crippen LogP) is 2.45. The lowest BCUT2D eigenvalue weighted by molar-refractivity contribution is 0.0939. The predicted molar refractivity (Wildman–Crippen MR) is 69.1 cm³/mol. The Morgan fingerprint density at radius 2 is 2.06 bits per heavy atom. The van der Waals surface area contributed by atoms with Crippen molar-refractivity contribution in [1.29, 1.82) is 0 Å². The van der Waals surface area contributed by atoms with Crippen LogP contribution in [0.5, 0.6) is 0 Å². The van der Waals surface area contributed by atoms with Crippen LogP contribution in [0.1, 0.15) is 31.1 Å². The first kappa shape index (κ1) is 14.5. The van der Waals surface area contributed by atoms with Crippen molar-refractivity contribution in [1.82, 2.24) is 5.32 Å². The molecule has 1 aromatic rings. The Labute approximate surface area is 109 Å². The Bertz CT molecular complexity index is 514. The molecule has 0 aliphatic carbocycles. The maximum absolute atomic E-state index is 11.7. The van der Waals surface area contributed by atoms with Crippen LogP contribution in [0.25, 0.3) is 0 Å². The van der Waals surface area contributed by atoms with E-state index in [1.807, 2.05) is 20.8 Å². The van der Waals surface area contributed by atoms with Crippen molar-refractivity contribution in [2.45, 2.75) is 25.0 Å². The van der Waals surface area contributed by atoms with Crippen LogP contribution in [0.15, 0.2) is 15.7 Å². The van der Waals surface area contributed by atoms with E-state index in [4.69, 9.17) is 10.7 Å². The number of hydrogen-bond acceptors (Lipinski definition) is 4. The number of carbonyl (C=O) groups is 1. The maximum atomic E-state index is 11.7. The van der Waals surface area contributed by atoms with Gasteiger partial charge in [-0.2, -0.15) is 0 Å². The van der Waals surface area contributed by atoms with Crippen LogP contribution in [-0.4, -0.2) is 20.9 Å². The van der Waals surface area contributed by atoms with Gasteiger partial charge in [0.05, 0.1) is 5.56 Å². The summed E-state index contributed by atoms with van der Waals surface area (Å²) in [6.07, 6.45) is 0. The summed E-state index contributed by atoms with van der Waals surface area (Å²) in [5, 5.41) is 4.21. The third-order valence-corrected chi connectivity index (χ3v) is 4.90. The number of rotatable bonds is 3. The first-order valence-corrected chi connectivity index (χ1v) is 8.10. The van der Waals surface area contributed by atoms with Gasteiger partial charge < -0.3 is 5.32 Å². The zero-order valence-corrected chi connectivity index (χ0v) is 12.2. The van der Waals surface area contributed by atoms with E-state index in [9.17, 15) is 13.2 Å². The van der Waals surface area contributed by atoms with Crippen LogP contribution in [0.3, 0.4) is 0 Å². The van der Waals surface area contributed by atoms with Gasteiger partial charge in [-0.3, -0.25) is 4.79 Å². The number of hydrogen-bond donors (Lipinski definition) is 1. The molecular weight excluding hydrogens is 282 g/mol. The molecule has 1 amide bonds. The molecule has 0 saturated carbocycles. The quantitative estimate of drug-likeness (QED) is 0.871. The van der Waals surface area contributed by atoms with Gasteiger partial charge in [-0.05, 0) is 11.5 Å². The zero-order chi connectivity index (χ0) is 13.3. The summed E-state index contributed by atoms with van der Waals surface area (Å²) >= 11 is 0.937. The maximum Gasteiger partial charge on any atom is 0.270 e. The fourth-order valence-electron chi connectivity index (χ4n) is 1.01. The molecule has 7 heteroatoms. The Morgan fingerprint density at radius 3 is 2.47 bits per heavy atom. The molecule has 0 saturated heterocycles. The van der Waals surface area contributed by atoms with Crippen LogP contribution >= 0.6 is 22.0 Å². The van der Waals surface area contributed by atoms with E-state index >= 15 is 0 Å². The summed E-state index contributed by atoms with van der Waals surface area (Å²) in [5.41, 5.74) is 0.297. The molecular formula is C10H14ClNO3S2. The van der Waals surface area contributed by atoms with Gasteiger partial charge in [-0.25, -0.2) is 8.42 Å². The van der Waals surface area contributed by atoms with Crippen LogP contribution in [0, 0.1) is 5.41 Å². The monoisotopic (exact) mass is 295 g/mol. The molecule has 0 atom stereocenters. The average molecular weight is 296 g/mol. The summed E-state index contributed by atoms with van der Waals surface area (Å²) < 4.78 is 22.0. The minimum atomic E-state index is -3.75. The van der Waals surface area contributed by atoms with E-state index in [0.717, 1.165) is 11.3 Å². The first-order chi connectivity index (χ1) is 7.59. The fourth-order valence-corrected chi connectivity index (χ4v) is 2.96. The molecule has 17 heavy (non-hydrogen) atoms. The Morgan fingerprint density at radius 1 is 1.47 bits per heavy atom. The van der Waals surface area contributed by atoms with E-state index in [2.05, 4.69) is 5.32 Å². The molecule has 0 spiro atoms. The number of halogens is 1. The molecule has 0 aliphatic heterocycles. The van der Waals surface area contributed by atoms with Gasteiger partial charge in [0.1, 0.15) is 4.21 Å². The van der Waals surface area contributed by atoms with Gasteiger partial charge in [0, 0.05) is 22.6 Å². The van der Waals surface area contributed by atoms with E-state index in [1.165, 1.54) is 11.4 Å². The second-order valence-electron chi connectivity index (χ2n) is 4.84. The second-order valence-corrected chi connectivity index (χ2v) is 8.54. The molecule has 0 unspecified atom stereocenters. The van der Waals surface area contributed by atoms with Crippen molar-refractivity contribution in [2.24, 2.45) is 5.41 Å². The van der Waals surface area contributed by atoms with E-state index in [1.54, 1.807) is 0 Å². The van der Waals surface area contributed by atoms with Gasteiger partial charge >= 0.3 is 0 Å². The van der Waals surface area contributed by atoms with Gasteiger partial charge in [0.2, 0.25) is 0 Å². The molecule has 0 radical (unpaired) electrons. The Balaban J connectivity index is 2.75. The molecule has 0 aromatic carbocycles. The second kappa shape index (κ2) is 4.96. The van der Waals surface area contributed by atoms with Crippen molar-refractivity contribution in [3.05, 3.63) is 17.0 Å². The van der Waals surface area contributed by atoms with Gasteiger partial charge in [0.25, 0.3) is 15.0 Å².